The summed E-state index contributed by atoms with van der Waals surface area (Å²) in [6.45, 7) is 6.79. The molecule has 1 saturated heterocycles. The Kier molecular flexibility index (Phi) is 6.20. The van der Waals surface area contributed by atoms with Crippen molar-refractivity contribution in [2.45, 2.75) is 45.4 Å². The van der Waals surface area contributed by atoms with E-state index in [1.807, 2.05) is 44.2 Å². The first-order valence-electron chi connectivity index (χ1n) is 8.18. The van der Waals surface area contributed by atoms with Gasteiger partial charge in [0.15, 0.2) is 0 Å². The van der Waals surface area contributed by atoms with Crippen LogP contribution in [0, 0.1) is 0 Å². The van der Waals surface area contributed by atoms with Gasteiger partial charge in [0.25, 0.3) is 0 Å². The van der Waals surface area contributed by atoms with E-state index in [0.717, 1.165) is 5.56 Å². The lowest BCUT2D eigenvalue weighted by Gasteiger charge is -2.44. The first-order chi connectivity index (χ1) is 11.4. The molecule has 1 aromatic carbocycles. The van der Waals surface area contributed by atoms with E-state index < -0.39 is 11.6 Å². The summed E-state index contributed by atoms with van der Waals surface area (Å²) in [5.41, 5.74) is 0.443. The molecule has 1 heterocycles. The van der Waals surface area contributed by atoms with Gasteiger partial charge in [-0.2, -0.15) is 0 Å². The molecule has 0 spiro atoms. The summed E-state index contributed by atoms with van der Waals surface area (Å²) in [5, 5.41) is 0. The van der Waals surface area contributed by atoms with Gasteiger partial charge in [-0.3, -0.25) is 9.69 Å². The van der Waals surface area contributed by atoms with E-state index in [0.29, 0.717) is 19.8 Å². The second kappa shape index (κ2) is 8.15. The normalized spacial score (nSPS) is 19.6. The smallest absolute Gasteiger partial charge is 0.410 e. The molecule has 0 radical (unpaired) electrons. The summed E-state index contributed by atoms with van der Waals surface area (Å²) >= 11 is 0. The molecule has 6 heteroatoms. The van der Waals surface area contributed by atoms with Crippen molar-refractivity contribution in [3.05, 3.63) is 35.9 Å². The summed E-state index contributed by atoms with van der Waals surface area (Å²) in [4.78, 5) is 25.7. The van der Waals surface area contributed by atoms with Crippen molar-refractivity contribution in [2.75, 3.05) is 19.8 Å². The fourth-order valence-corrected chi connectivity index (χ4v) is 2.55. The van der Waals surface area contributed by atoms with E-state index in [1.165, 1.54) is 0 Å². The van der Waals surface area contributed by atoms with Gasteiger partial charge in [0.1, 0.15) is 6.61 Å². The summed E-state index contributed by atoms with van der Waals surface area (Å²) < 4.78 is 16.1. The number of nitrogens with zero attached hydrogens (tertiary/aromatic N) is 1. The van der Waals surface area contributed by atoms with Crippen molar-refractivity contribution in [2.24, 2.45) is 0 Å². The molecule has 0 aromatic heterocycles. The number of ether oxygens (including phenoxy) is 3. The Balaban J connectivity index is 1.94. The molecule has 1 aromatic rings. The fourth-order valence-electron chi connectivity index (χ4n) is 2.55. The topological polar surface area (TPSA) is 65.1 Å². The van der Waals surface area contributed by atoms with Crippen molar-refractivity contribution in [3.63, 3.8) is 0 Å². The largest absolute Gasteiger partial charge is 0.466 e. The molecule has 0 N–H and O–H groups in total. The number of morpholine rings is 1. The minimum absolute atomic E-state index is 0.131. The maximum atomic E-state index is 12.5. The Morgan fingerprint density at radius 2 is 1.96 bits per heavy atom. The Morgan fingerprint density at radius 3 is 2.62 bits per heavy atom. The highest BCUT2D eigenvalue weighted by Gasteiger charge is 2.39. The number of hydrogen-bond acceptors (Lipinski definition) is 5. The average Bonchev–Trinajstić information content (AvgIpc) is 2.55. The zero-order valence-corrected chi connectivity index (χ0v) is 14.5. The van der Waals surface area contributed by atoms with Crippen molar-refractivity contribution in [1.82, 2.24) is 4.90 Å². The summed E-state index contributed by atoms with van der Waals surface area (Å²) in [6, 6.07) is 9.52. The zero-order valence-electron chi connectivity index (χ0n) is 14.5. The standard InChI is InChI=1S/C18H25NO5/c1-4-22-16(20)10-15-11-19(18(2,3)13-24-15)17(21)23-12-14-8-6-5-7-9-14/h5-9,15H,4,10-13H2,1-3H3. The summed E-state index contributed by atoms with van der Waals surface area (Å²) in [5.74, 6) is -0.320. The monoisotopic (exact) mass is 335 g/mol. The van der Waals surface area contributed by atoms with Gasteiger partial charge in [-0.25, -0.2) is 4.79 Å². The molecule has 1 aliphatic heterocycles. The van der Waals surface area contributed by atoms with E-state index >= 15 is 0 Å². The molecule has 1 aliphatic rings. The fraction of sp³-hybridized carbons (Fsp3) is 0.556. The van der Waals surface area contributed by atoms with Crippen LogP contribution in [-0.4, -0.2) is 48.4 Å². The van der Waals surface area contributed by atoms with Crippen molar-refractivity contribution in [3.8, 4) is 0 Å². The molecule has 0 bridgehead atoms. The highest BCUT2D eigenvalue weighted by Crippen LogP contribution is 2.24. The highest BCUT2D eigenvalue weighted by molar-refractivity contribution is 5.71. The van der Waals surface area contributed by atoms with Gasteiger partial charge in [-0.05, 0) is 26.3 Å². The Hall–Kier alpha value is -2.08. The van der Waals surface area contributed by atoms with Gasteiger partial charge >= 0.3 is 12.1 Å². The van der Waals surface area contributed by atoms with Crippen LogP contribution in [0.2, 0.25) is 0 Å². The lowest BCUT2D eigenvalue weighted by atomic mass is 10.0. The molecule has 2 rings (SSSR count). The molecule has 24 heavy (non-hydrogen) atoms. The van der Waals surface area contributed by atoms with Crippen molar-refractivity contribution < 1.29 is 23.8 Å². The number of benzene rings is 1. The van der Waals surface area contributed by atoms with Gasteiger partial charge < -0.3 is 14.2 Å². The third-order valence-corrected chi connectivity index (χ3v) is 3.91. The number of amides is 1. The van der Waals surface area contributed by atoms with Crippen LogP contribution >= 0.6 is 0 Å². The van der Waals surface area contributed by atoms with Crippen LogP contribution in [0.1, 0.15) is 32.8 Å². The molecule has 0 saturated carbocycles. The molecule has 1 amide bonds. The minimum atomic E-state index is -0.487. The Morgan fingerprint density at radius 1 is 1.25 bits per heavy atom. The number of carbonyl (C=O) groups excluding carboxylic acids is 2. The number of rotatable bonds is 5. The SMILES string of the molecule is CCOC(=O)CC1CN(C(=O)OCc2ccccc2)C(C)(C)CO1. The van der Waals surface area contributed by atoms with Crippen LogP contribution < -0.4 is 0 Å². The van der Waals surface area contributed by atoms with Crippen LogP contribution in [0.3, 0.4) is 0 Å². The highest BCUT2D eigenvalue weighted by atomic mass is 16.6. The first kappa shape index (κ1) is 18.3. The van der Waals surface area contributed by atoms with Gasteiger partial charge in [0, 0.05) is 0 Å². The second-order valence-electron chi connectivity index (χ2n) is 6.41. The van der Waals surface area contributed by atoms with E-state index in [4.69, 9.17) is 14.2 Å². The lowest BCUT2D eigenvalue weighted by Crippen LogP contribution is -2.58. The number of hydrogen-bond donors (Lipinski definition) is 0. The van der Waals surface area contributed by atoms with Crippen LogP contribution in [0.4, 0.5) is 4.79 Å². The molecule has 6 nitrogen and oxygen atoms in total. The minimum Gasteiger partial charge on any atom is -0.466 e. The van der Waals surface area contributed by atoms with E-state index in [2.05, 4.69) is 0 Å². The van der Waals surface area contributed by atoms with Crippen LogP contribution in [0.25, 0.3) is 0 Å². The summed E-state index contributed by atoms with van der Waals surface area (Å²) in [7, 11) is 0. The molecule has 132 valence electrons. The quantitative estimate of drug-likeness (QED) is 0.774. The van der Waals surface area contributed by atoms with Crippen LogP contribution in [-0.2, 0) is 25.6 Å². The molecule has 1 fully saturated rings. The third-order valence-electron chi connectivity index (χ3n) is 3.91. The van der Waals surface area contributed by atoms with Crippen LogP contribution in [0.15, 0.2) is 30.3 Å². The average molecular weight is 335 g/mol. The number of carbonyl (C=O) groups is 2. The van der Waals surface area contributed by atoms with E-state index in [9.17, 15) is 9.59 Å². The van der Waals surface area contributed by atoms with E-state index in [-0.39, 0.29) is 25.1 Å². The second-order valence-corrected chi connectivity index (χ2v) is 6.41. The summed E-state index contributed by atoms with van der Waals surface area (Å²) in [6.07, 6.45) is -0.644. The van der Waals surface area contributed by atoms with E-state index in [1.54, 1.807) is 11.8 Å². The molecular weight excluding hydrogens is 310 g/mol. The van der Waals surface area contributed by atoms with Crippen molar-refractivity contribution in [1.29, 1.82) is 0 Å². The maximum absolute atomic E-state index is 12.5. The maximum Gasteiger partial charge on any atom is 0.410 e. The molecule has 0 aliphatic carbocycles. The molecular formula is C18H25NO5. The third kappa shape index (κ3) is 4.96. The van der Waals surface area contributed by atoms with Crippen molar-refractivity contribution >= 4 is 12.1 Å². The Labute approximate surface area is 142 Å². The molecule has 1 unspecified atom stereocenters. The van der Waals surface area contributed by atoms with Gasteiger partial charge in [-0.15, -0.1) is 0 Å². The molecule has 1 atom stereocenters. The van der Waals surface area contributed by atoms with Gasteiger partial charge in [0.2, 0.25) is 0 Å². The Bertz CT molecular complexity index is 558. The van der Waals surface area contributed by atoms with Crippen LogP contribution in [0.5, 0.6) is 0 Å². The predicted molar refractivity (Wildman–Crippen MR) is 88.4 cm³/mol. The van der Waals surface area contributed by atoms with Gasteiger partial charge in [0.05, 0.1) is 37.8 Å². The zero-order chi connectivity index (χ0) is 17.6. The predicted octanol–water partition coefficient (Wildman–Crippen LogP) is 2.76. The lowest BCUT2D eigenvalue weighted by molar-refractivity contribution is -0.151. The first-order valence-corrected chi connectivity index (χ1v) is 8.18. The number of esters is 1. The van der Waals surface area contributed by atoms with Gasteiger partial charge in [-0.1, -0.05) is 30.3 Å².